The number of hydrogen-bond donors (Lipinski definition) is 2. The molecule has 0 fully saturated rings. The Labute approximate surface area is 197 Å². The quantitative estimate of drug-likeness (QED) is 0.672. The van der Waals surface area contributed by atoms with E-state index in [1.54, 1.807) is 6.92 Å². The Hall–Kier alpha value is -3.04. The van der Waals surface area contributed by atoms with Crippen molar-refractivity contribution >= 4 is 17.8 Å². The summed E-state index contributed by atoms with van der Waals surface area (Å²) in [6.07, 6.45) is -4.50. The van der Waals surface area contributed by atoms with Gasteiger partial charge in [0.15, 0.2) is 0 Å². The number of carbonyl (C=O) groups is 3. The second-order valence-corrected chi connectivity index (χ2v) is 9.97. The van der Waals surface area contributed by atoms with Gasteiger partial charge in [0.05, 0.1) is 29.4 Å². The first kappa shape index (κ1) is 25.6. The third-order valence-electron chi connectivity index (χ3n) is 5.87. The van der Waals surface area contributed by atoms with Crippen LogP contribution in [0.4, 0.5) is 18.0 Å². The summed E-state index contributed by atoms with van der Waals surface area (Å²) in [5, 5.41) is 5.67. The fourth-order valence-corrected chi connectivity index (χ4v) is 4.43. The van der Waals surface area contributed by atoms with Gasteiger partial charge < -0.3 is 15.5 Å². The van der Waals surface area contributed by atoms with Crippen molar-refractivity contribution in [3.8, 4) is 0 Å². The molecule has 7 nitrogen and oxygen atoms in total. The first-order chi connectivity index (χ1) is 15.7. The maximum Gasteiger partial charge on any atom is 0.416 e. The first-order valence-electron chi connectivity index (χ1n) is 11.3. The molecule has 2 aliphatic rings. The fourth-order valence-electron chi connectivity index (χ4n) is 4.43. The maximum absolute atomic E-state index is 13.7. The molecular weight excluding hydrogens is 449 g/mol. The lowest BCUT2D eigenvalue weighted by Crippen LogP contribution is -2.55. The number of hydrogen-bond acceptors (Lipinski definition) is 3. The lowest BCUT2D eigenvalue weighted by atomic mass is 9.94. The maximum atomic E-state index is 13.7. The molecule has 2 heterocycles. The molecule has 2 aliphatic heterocycles. The van der Waals surface area contributed by atoms with E-state index in [-0.39, 0.29) is 23.9 Å². The third-order valence-corrected chi connectivity index (χ3v) is 5.87. The lowest BCUT2D eigenvalue weighted by molar-refractivity contribution is -0.139. The van der Waals surface area contributed by atoms with Crippen LogP contribution in [0.3, 0.4) is 0 Å². The van der Waals surface area contributed by atoms with E-state index in [4.69, 9.17) is 0 Å². The Bertz CT molecular complexity index is 1010. The van der Waals surface area contributed by atoms with Gasteiger partial charge in [0.1, 0.15) is 6.04 Å². The zero-order valence-corrected chi connectivity index (χ0v) is 20.2. The number of carbonyl (C=O) groups excluding carboxylic acids is 3. The number of halogens is 3. The van der Waals surface area contributed by atoms with Crippen LogP contribution in [0.1, 0.15) is 58.7 Å². The molecule has 2 unspecified atom stereocenters. The fraction of sp³-hybridized carbons (Fsp3) is 0.542. The molecular formula is C24H31F3N4O3. The average Bonchev–Trinajstić information content (AvgIpc) is 3.02. The molecule has 4 amide bonds. The van der Waals surface area contributed by atoms with Crippen LogP contribution in [0, 0.1) is 5.92 Å². The molecule has 2 N–H and O–H groups in total. The largest absolute Gasteiger partial charge is 0.416 e. The predicted molar refractivity (Wildman–Crippen MR) is 120 cm³/mol. The molecule has 3 rings (SSSR count). The van der Waals surface area contributed by atoms with Crippen LogP contribution in [0.5, 0.6) is 0 Å². The Kier molecular flexibility index (Phi) is 6.74. The summed E-state index contributed by atoms with van der Waals surface area (Å²) in [6.45, 7) is 11.3. The summed E-state index contributed by atoms with van der Waals surface area (Å²) in [6, 6.07) is 2.26. The summed E-state index contributed by atoms with van der Waals surface area (Å²) in [5.41, 5.74) is -0.220. The molecule has 2 atom stereocenters. The summed E-state index contributed by atoms with van der Waals surface area (Å²) in [7, 11) is 0. The van der Waals surface area contributed by atoms with Crippen LogP contribution in [-0.2, 0) is 15.8 Å². The van der Waals surface area contributed by atoms with Crippen LogP contribution in [0.15, 0.2) is 35.5 Å². The van der Waals surface area contributed by atoms with Gasteiger partial charge in [0.25, 0.3) is 5.91 Å². The Morgan fingerprint density at radius 3 is 2.21 bits per heavy atom. The Balaban J connectivity index is 2.01. The predicted octanol–water partition coefficient (Wildman–Crippen LogP) is 3.83. The van der Waals surface area contributed by atoms with Crippen molar-refractivity contribution in [3.05, 3.63) is 46.7 Å². The van der Waals surface area contributed by atoms with Crippen molar-refractivity contribution < 1.29 is 27.6 Å². The molecule has 0 aliphatic carbocycles. The molecule has 10 heteroatoms. The van der Waals surface area contributed by atoms with Crippen molar-refractivity contribution in [2.45, 2.75) is 65.3 Å². The highest BCUT2D eigenvalue weighted by Gasteiger charge is 2.47. The van der Waals surface area contributed by atoms with Gasteiger partial charge in [-0.2, -0.15) is 13.2 Å². The number of benzene rings is 1. The second-order valence-electron chi connectivity index (χ2n) is 9.97. The van der Waals surface area contributed by atoms with Gasteiger partial charge in [-0.05, 0) is 51.3 Å². The highest BCUT2D eigenvalue weighted by molar-refractivity contribution is 6.03. The van der Waals surface area contributed by atoms with E-state index in [1.807, 2.05) is 34.6 Å². The molecule has 0 bridgehead atoms. The highest BCUT2D eigenvalue weighted by Crippen LogP contribution is 2.39. The SMILES string of the molecule is CCN1C(=O)NC(c2ccc(C(F)(F)F)cc2)C2=C1CN(C(C(=O)NC(C)(C)C)C(C)C)C2=O. The van der Waals surface area contributed by atoms with Gasteiger partial charge in [0, 0.05) is 12.1 Å². The van der Waals surface area contributed by atoms with Gasteiger partial charge in [-0.1, -0.05) is 26.0 Å². The van der Waals surface area contributed by atoms with Crippen molar-refractivity contribution in [1.29, 1.82) is 0 Å². The van der Waals surface area contributed by atoms with E-state index in [1.165, 1.54) is 21.9 Å². The summed E-state index contributed by atoms with van der Waals surface area (Å²) in [4.78, 5) is 42.5. The number of rotatable bonds is 5. The van der Waals surface area contributed by atoms with Gasteiger partial charge in [-0.25, -0.2) is 4.79 Å². The van der Waals surface area contributed by atoms with E-state index < -0.39 is 41.3 Å². The molecule has 0 radical (unpaired) electrons. The molecule has 186 valence electrons. The average molecular weight is 481 g/mol. The van der Waals surface area contributed by atoms with Gasteiger partial charge in [0.2, 0.25) is 5.91 Å². The third kappa shape index (κ3) is 4.90. The van der Waals surface area contributed by atoms with E-state index in [0.29, 0.717) is 17.8 Å². The van der Waals surface area contributed by atoms with E-state index in [9.17, 15) is 27.6 Å². The molecule has 1 aromatic rings. The van der Waals surface area contributed by atoms with E-state index in [0.717, 1.165) is 12.1 Å². The van der Waals surface area contributed by atoms with Gasteiger partial charge in [-0.15, -0.1) is 0 Å². The Morgan fingerprint density at radius 2 is 1.74 bits per heavy atom. The summed E-state index contributed by atoms with van der Waals surface area (Å²) in [5.74, 6) is -0.930. The molecule has 0 spiro atoms. The topological polar surface area (TPSA) is 81.8 Å². The number of urea groups is 1. The lowest BCUT2D eigenvalue weighted by Gasteiger charge is -2.33. The minimum Gasteiger partial charge on any atom is -0.350 e. The van der Waals surface area contributed by atoms with Crippen LogP contribution >= 0.6 is 0 Å². The smallest absolute Gasteiger partial charge is 0.350 e. The molecule has 0 saturated carbocycles. The Morgan fingerprint density at radius 1 is 1.15 bits per heavy atom. The van der Waals surface area contributed by atoms with Crippen LogP contribution < -0.4 is 10.6 Å². The minimum absolute atomic E-state index is 0.0625. The zero-order chi connectivity index (χ0) is 25.6. The standard InChI is InChI=1S/C24H31F3N4O3/c1-7-30-16-12-31(19(13(2)3)20(32)29-23(4,5)6)21(33)17(16)18(28-22(30)34)14-8-10-15(11-9-14)24(25,26)27/h8-11,13,18-19H,7,12H2,1-6H3,(H,28,34)(H,29,32). The monoisotopic (exact) mass is 480 g/mol. The molecule has 34 heavy (non-hydrogen) atoms. The van der Waals surface area contributed by atoms with Crippen LogP contribution in [-0.4, -0.2) is 52.3 Å². The first-order valence-corrected chi connectivity index (χ1v) is 11.3. The van der Waals surface area contributed by atoms with Crippen molar-refractivity contribution in [2.24, 2.45) is 5.92 Å². The number of alkyl halides is 3. The summed E-state index contributed by atoms with van der Waals surface area (Å²) < 4.78 is 39.1. The van der Waals surface area contributed by atoms with Gasteiger partial charge in [-0.3, -0.25) is 14.5 Å². The normalized spacial score (nSPS) is 20.0. The molecule has 1 aromatic carbocycles. The minimum atomic E-state index is -4.50. The second kappa shape index (κ2) is 8.96. The number of amides is 4. The molecule has 0 saturated heterocycles. The number of likely N-dealkylation sites (N-methyl/N-ethyl adjacent to an activating group) is 1. The zero-order valence-electron chi connectivity index (χ0n) is 20.2. The van der Waals surface area contributed by atoms with Crippen LogP contribution in [0.25, 0.3) is 0 Å². The van der Waals surface area contributed by atoms with E-state index in [2.05, 4.69) is 10.6 Å². The van der Waals surface area contributed by atoms with E-state index >= 15 is 0 Å². The number of nitrogens with zero attached hydrogens (tertiary/aromatic N) is 2. The highest BCUT2D eigenvalue weighted by atomic mass is 19.4. The van der Waals surface area contributed by atoms with Crippen molar-refractivity contribution in [2.75, 3.05) is 13.1 Å². The molecule has 0 aromatic heterocycles. The summed E-state index contributed by atoms with van der Waals surface area (Å²) >= 11 is 0. The number of nitrogens with one attached hydrogen (secondary N) is 2. The van der Waals surface area contributed by atoms with Crippen molar-refractivity contribution in [3.63, 3.8) is 0 Å². The van der Waals surface area contributed by atoms with Crippen molar-refractivity contribution in [1.82, 2.24) is 20.4 Å². The van der Waals surface area contributed by atoms with Gasteiger partial charge >= 0.3 is 12.2 Å². The van der Waals surface area contributed by atoms with Crippen LogP contribution in [0.2, 0.25) is 0 Å².